The number of hydrogen-bond donors (Lipinski definition) is 1. The van der Waals surface area contributed by atoms with Gasteiger partial charge < -0.3 is 10.1 Å². The average molecular weight is 440 g/mol. The largest absolute Gasteiger partial charge is 0.413 e. The smallest absolute Gasteiger partial charge is 0.397 e. The molecule has 0 saturated carbocycles. The number of rotatable bonds is 6. The SMILES string of the molecule is Cc1nc(-c2ccn(Cc3ccc(Cl)cc3)n2)sc1OC(=O)NCc1cccnc1. The van der Waals surface area contributed by atoms with Crippen LogP contribution in [-0.4, -0.2) is 25.8 Å². The van der Waals surface area contributed by atoms with E-state index in [1.165, 1.54) is 11.3 Å². The summed E-state index contributed by atoms with van der Waals surface area (Å²) in [4.78, 5) is 20.6. The van der Waals surface area contributed by atoms with Crippen molar-refractivity contribution < 1.29 is 9.53 Å². The van der Waals surface area contributed by atoms with Gasteiger partial charge in [0.05, 0.1) is 12.2 Å². The molecule has 3 heterocycles. The normalized spacial score (nSPS) is 10.7. The van der Waals surface area contributed by atoms with E-state index >= 15 is 0 Å². The van der Waals surface area contributed by atoms with E-state index in [0.29, 0.717) is 33.9 Å². The van der Waals surface area contributed by atoms with E-state index < -0.39 is 6.09 Å². The number of aryl methyl sites for hydroxylation is 1. The van der Waals surface area contributed by atoms with Crippen LogP contribution in [0.5, 0.6) is 5.06 Å². The van der Waals surface area contributed by atoms with Crippen molar-refractivity contribution in [2.75, 3.05) is 0 Å². The number of ether oxygens (including phenoxy) is 1. The van der Waals surface area contributed by atoms with Gasteiger partial charge in [0.25, 0.3) is 0 Å². The molecule has 0 fully saturated rings. The predicted octanol–water partition coefficient (Wildman–Crippen LogP) is 4.70. The van der Waals surface area contributed by atoms with Gasteiger partial charge in [-0.25, -0.2) is 9.78 Å². The van der Waals surface area contributed by atoms with Crippen LogP contribution >= 0.6 is 22.9 Å². The van der Waals surface area contributed by atoms with Crippen molar-refractivity contribution in [1.82, 2.24) is 25.1 Å². The zero-order valence-corrected chi connectivity index (χ0v) is 17.7. The molecule has 0 saturated heterocycles. The van der Waals surface area contributed by atoms with Crippen molar-refractivity contribution in [3.63, 3.8) is 0 Å². The van der Waals surface area contributed by atoms with E-state index in [1.54, 1.807) is 19.3 Å². The molecule has 3 aromatic heterocycles. The van der Waals surface area contributed by atoms with Crippen LogP contribution in [0.4, 0.5) is 4.79 Å². The molecular formula is C21H18ClN5O2S. The van der Waals surface area contributed by atoms with Gasteiger partial charge in [-0.05, 0) is 42.3 Å². The highest BCUT2D eigenvalue weighted by Crippen LogP contribution is 2.33. The predicted molar refractivity (Wildman–Crippen MR) is 116 cm³/mol. The number of benzene rings is 1. The van der Waals surface area contributed by atoms with Crippen LogP contribution in [0.25, 0.3) is 10.7 Å². The number of carbonyl (C=O) groups excluding carboxylic acids is 1. The third-order valence-electron chi connectivity index (χ3n) is 4.22. The number of aromatic nitrogens is 4. The van der Waals surface area contributed by atoms with Crippen molar-refractivity contribution in [3.05, 3.63) is 82.9 Å². The fraction of sp³-hybridized carbons (Fsp3) is 0.143. The number of hydrogen-bond acceptors (Lipinski definition) is 6. The zero-order valence-electron chi connectivity index (χ0n) is 16.1. The molecule has 4 aromatic rings. The fourth-order valence-electron chi connectivity index (χ4n) is 2.72. The standard InChI is InChI=1S/C21H18ClN5O2S/c1-14-20(29-21(28)24-12-16-3-2-9-23-11-16)30-19(25-14)18-8-10-27(26-18)13-15-4-6-17(22)7-5-15/h2-11H,12-13H2,1H3,(H,24,28). The lowest BCUT2D eigenvalue weighted by molar-refractivity contribution is 0.201. The van der Waals surface area contributed by atoms with Crippen LogP contribution < -0.4 is 10.1 Å². The first kappa shape index (κ1) is 20.1. The van der Waals surface area contributed by atoms with Gasteiger partial charge in [-0.1, -0.05) is 41.1 Å². The summed E-state index contributed by atoms with van der Waals surface area (Å²) in [5, 5.41) is 9.13. The first-order valence-corrected chi connectivity index (χ1v) is 10.4. The maximum atomic E-state index is 12.1. The highest BCUT2D eigenvalue weighted by atomic mass is 35.5. The maximum Gasteiger partial charge on any atom is 0.413 e. The molecule has 0 aliphatic heterocycles. The van der Waals surface area contributed by atoms with Crippen molar-refractivity contribution in [1.29, 1.82) is 0 Å². The summed E-state index contributed by atoms with van der Waals surface area (Å²) in [6.45, 7) is 2.77. The van der Waals surface area contributed by atoms with Crippen LogP contribution in [0.3, 0.4) is 0 Å². The Balaban J connectivity index is 1.39. The molecule has 0 radical (unpaired) electrons. The molecule has 0 aliphatic carbocycles. The zero-order chi connectivity index (χ0) is 20.9. The van der Waals surface area contributed by atoms with Crippen molar-refractivity contribution in [2.45, 2.75) is 20.0 Å². The first-order chi connectivity index (χ1) is 14.6. The van der Waals surface area contributed by atoms with E-state index in [2.05, 4.69) is 20.4 Å². The minimum atomic E-state index is -0.537. The molecule has 1 amide bonds. The second-order valence-corrected chi connectivity index (χ2v) is 7.92. The van der Waals surface area contributed by atoms with Gasteiger partial charge in [0.1, 0.15) is 10.7 Å². The number of nitrogens with one attached hydrogen (secondary N) is 1. The highest BCUT2D eigenvalue weighted by Gasteiger charge is 2.16. The molecule has 0 bridgehead atoms. The number of amides is 1. The molecule has 0 spiro atoms. The van der Waals surface area contributed by atoms with Gasteiger partial charge in [-0.15, -0.1) is 0 Å². The Kier molecular flexibility index (Phi) is 6.06. The van der Waals surface area contributed by atoms with Crippen LogP contribution in [0.1, 0.15) is 16.8 Å². The number of pyridine rings is 1. The maximum absolute atomic E-state index is 12.1. The van der Waals surface area contributed by atoms with Crippen LogP contribution in [0.15, 0.2) is 61.1 Å². The van der Waals surface area contributed by atoms with Crippen LogP contribution in [-0.2, 0) is 13.1 Å². The number of thiazole rings is 1. The van der Waals surface area contributed by atoms with Crippen LogP contribution in [0, 0.1) is 6.92 Å². The second-order valence-electron chi connectivity index (χ2n) is 6.52. The molecule has 1 N–H and O–H groups in total. The van der Waals surface area contributed by atoms with Gasteiger partial charge in [0.15, 0.2) is 0 Å². The minimum absolute atomic E-state index is 0.340. The molecule has 152 valence electrons. The lowest BCUT2D eigenvalue weighted by Gasteiger charge is -2.04. The van der Waals surface area contributed by atoms with E-state index in [1.807, 2.05) is 53.3 Å². The summed E-state index contributed by atoms with van der Waals surface area (Å²) in [6, 6.07) is 13.2. The lowest BCUT2D eigenvalue weighted by atomic mass is 10.2. The van der Waals surface area contributed by atoms with Gasteiger partial charge in [-0.2, -0.15) is 5.10 Å². The Morgan fingerprint density at radius 2 is 2.03 bits per heavy atom. The molecule has 4 rings (SSSR count). The minimum Gasteiger partial charge on any atom is -0.397 e. The summed E-state index contributed by atoms with van der Waals surface area (Å²) in [5.41, 5.74) is 3.35. The van der Waals surface area contributed by atoms with Gasteiger partial charge in [-0.3, -0.25) is 9.67 Å². The van der Waals surface area contributed by atoms with Crippen molar-refractivity contribution in [3.8, 4) is 15.8 Å². The van der Waals surface area contributed by atoms with E-state index in [4.69, 9.17) is 16.3 Å². The fourth-order valence-corrected chi connectivity index (χ4v) is 3.73. The van der Waals surface area contributed by atoms with Crippen LogP contribution in [0.2, 0.25) is 5.02 Å². The van der Waals surface area contributed by atoms with E-state index in [-0.39, 0.29) is 0 Å². The van der Waals surface area contributed by atoms with Crippen molar-refractivity contribution >= 4 is 29.0 Å². The first-order valence-electron chi connectivity index (χ1n) is 9.17. The molecule has 0 atom stereocenters. The molecule has 0 aliphatic rings. The van der Waals surface area contributed by atoms with Gasteiger partial charge >= 0.3 is 6.09 Å². The summed E-state index contributed by atoms with van der Waals surface area (Å²) >= 11 is 7.21. The molecule has 7 nitrogen and oxygen atoms in total. The summed E-state index contributed by atoms with van der Waals surface area (Å²) < 4.78 is 7.25. The summed E-state index contributed by atoms with van der Waals surface area (Å²) in [6.07, 6.45) is 4.73. The third-order valence-corrected chi connectivity index (χ3v) is 5.53. The molecule has 0 unspecified atom stereocenters. The molecular weight excluding hydrogens is 422 g/mol. The number of halogens is 1. The quantitative estimate of drug-likeness (QED) is 0.471. The van der Waals surface area contributed by atoms with E-state index in [0.717, 1.165) is 16.8 Å². The Bertz CT molecular complexity index is 1140. The highest BCUT2D eigenvalue weighted by molar-refractivity contribution is 7.17. The Hall–Kier alpha value is -3.23. The van der Waals surface area contributed by atoms with Gasteiger partial charge in [0, 0.05) is 30.2 Å². The van der Waals surface area contributed by atoms with Crippen molar-refractivity contribution in [2.24, 2.45) is 0 Å². The third kappa shape index (κ3) is 5.03. The summed E-state index contributed by atoms with van der Waals surface area (Å²) in [7, 11) is 0. The second kappa shape index (κ2) is 9.06. The monoisotopic (exact) mass is 439 g/mol. The Labute approximate surface area is 182 Å². The summed E-state index contributed by atoms with van der Waals surface area (Å²) in [5.74, 6) is 0. The molecule has 30 heavy (non-hydrogen) atoms. The number of nitrogens with zero attached hydrogens (tertiary/aromatic N) is 4. The average Bonchev–Trinajstić information content (AvgIpc) is 3.36. The molecule has 9 heteroatoms. The number of carbonyl (C=O) groups is 1. The van der Waals surface area contributed by atoms with E-state index in [9.17, 15) is 4.79 Å². The molecule has 1 aromatic carbocycles. The Morgan fingerprint density at radius 3 is 2.80 bits per heavy atom. The Morgan fingerprint density at radius 1 is 1.20 bits per heavy atom. The lowest BCUT2D eigenvalue weighted by Crippen LogP contribution is -2.26. The van der Waals surface area contributed by atoms with Gasteiger partial charge in [0.2, 0.25) is 5.06 Å². The topological polar surface area (TPSA) is 81.9 Å².